The lowest BCUT2D eigenvalue weighted by atomic mass is 9.97. The van der Waals surface area contributed by atoms with Gasteiger partial charge in [-0.2, -0.15) is 0 Å². The van der Waals surface area contributed by atoms with Crippen molar-refractivity contribution in [1.82, 2.24) is 0 Å². The molecule has 0 atom stereocenters. The molecule has 0 unspecified atom stereocenters. The molecule has 4 heteroatoms. The van der Waals surface area contributed by atoms with Gasteiger partial charge in [-0.3, -0.25) is 0 Å². The Balaban J connectivity index is 2.07. The fraction of sp³-hybridized carbons (Fsp3) is 0.0769. The molecule has 0 aliphatic rings. The molecule has 0 saturated carbocycles. The van der Waals surface area contributed by atoms with E-state index >= 15 is 0 Å². The van der Waals surface area contributed by atoms with Crippen molar-refractivity contribution in [2.45, 2.75) is 6.61 Å². The number of benzene rings is 2. The minimum absolute atomic E-state index is 0.462. The molecule has 0 radical (unpaired) electrons. The van der Waals surface area contributed by atoms with Crippen molar-refractivity contribution in [3.05, 3.63) is 58.1 Å². The van der Waals surface area contributed by atoms with Gasteiger partial charge in [0.15, 0.2) is 0 Å². The Hall–Kier alpha value is -1.12. The number of rotatable bonds is 3. The number of halogens is 2. The van der Waals surface area contributed by atoms with Crippen LogP contribution in [0.4, 0.5) is 0 Å². The molecule has 0 heterocycles. The van der Waals surface area contributed by atoms with Crippen LogP contribution in [0.1, 0.15) is 5.56 Å². The SMILES string of the molecule is Bc1ccc(OCc2cccc(Cl)c2)c(Cl)c1. The third kappa shape index (κ3) is 3.42. The first kappa shape index (κ1) is 12.3. The second kappa shape index (κ2) is 5.48. The molecule has 2 aromatic rings. The summed E-state index contributed by atoms with van der Waals surface area (Å²) >= 11 is 12.0. The minimum Gasteiger partial charge on any atom is -0.487 e. The van der Waals surface area contributed by atoms with Gasteiger partial charge in [0.05, 0.1) is 5.02 Å². The van der Waals surface area contributed by atoms with Crippen molar-refractivity contribution in [3.63, 3.8) is 0 Å². The molecular formula is C13H11BCl2O. The Morgan fingerprint density at radius 1 is 1.06 bits per heavy atom. The van der Waals surface area contributed by atoms with Gasteiger partial charge < -0.3 is 4.74 Å². The van der Waals surface area contributed by atoms with Crippen molar-refractivity contribution in [1.29, 1.82) is 0 Å². The third-order valence-corrected chi connectivity index (χ3v) is 2.90. The summed E-state index contributed by atoms with van der Waals surface area (Å²) in [5, 5.41) is 1.34. The van der Waals surface area contributed by atoms with E-state index in [1.165, 1.54) is 0 Å². The Morgan fingerprint density at radius 3 is 2.59 bits per heavy atom. The standard InChI is InChI=1S/C13H11BCl2O/c14-10-4-5-13(12(16)7-10)17-8-9-2-1-3-11(15)6-9/h1-7H,8,14H2. The summed E-state index contributed by atoms with van der Waals surface area (Å²) in [4.78, 5) is 0. The molecule has 0 spiro atoms. The highest BCUT2D eigenvalue weighted by Crippen LogP contribution is 2.23. The zero-order chi connectivity index (χ0) is 12.3. The maximum Gasteiger partial charge on any atom is 0.139 e. The highest BCUT2D eigenvalue weighted by molar-refractivity contribution is 6.37. The Bertz CT molecular complexity index is 529. The summed E-state index contributed by atoms with van der Waals surface area (Å²) < 4.78 is 5.64. The smallest absolute Gasteiger partial charge is 0.139 e. The third-order valence-electron chi connectivity index (χ3n) is 2.37. The van der Waals surface area contributed by atoms with Gasteiger partial charge in [0.1, 0.15) is 20.2 Å². The average molecular weight is 265 g/mol. The molecule has 0 N–H and O–H groups in total. The molecule has 0 amide bonds. The summed E-state index contributed by atoms with van der Waals surface area (Å²) in [5.74, 6) is 0.692. The lowest BCUT2D eigenvalue weighted by molar-refractivity contribution is 0.306. The number of hydrogen-bond donors (Lipinski definition) is 0. The van der Waals surface area contributed by atoms with E-state index in [0.717, 1.165) is 11.0 Å². The van der Waals surface area contributed by atoms with Crippen LogP contribution in [-0.4, -0.2) is 7.85 Å². The van der Waals surface area contributed by atoms with E-state index in [1.54, 1.807) is 0 Å². The molecule has 86 valence electrons. The van der Waals surface area contributed by atoms with E-state index in [2.05, 4.69) is 0 Å². The molecule has 0 aliphatic carbocycles. The normalized spacial score (nSPS) is 10.2. The van der Waals surface area contributed by atoms with Crippen LogP contribution in [0.5, 0.6) is 5.75 Å². The maximum absolute atomic E-state index is 6.08. The molecular weight excluding hydrogens is 254 g/mol. The highest BCUT2D eigenvalue weighted by Gasteiger charge is 2.02. The van der Waals surface area contributed by atoms with E-state index in [1.807, 2.05) is 50.3 Å². The fourth-order valence-electron chi connectivity index (χ4n) is 1.51. The Morgan fingerprint density at radius 2 is 1.88 bits per heavy atom. The summed E-state index contributed by atoms with van der Waals surface area (Å²) in [6.07, 6.45) is 0. The second-order valence-electron chi connectivity index (χ2n) is 3.85. The first-order valence-corrected chi connectivity index (χ1v) is 6.04. The molecule has 2 aromatic carbocycles. The predicted octanol–water partition coefficient (Wildman–Crippen LogP) is 2.83. The van der Waals surface area contributed by atoms with Crippen LogP contribution in [0.25, 0.3) is 0 Å². The topological polar surface area (TPSA) is 9.23 Å². The van der Waals surface area contributed by atoms with Crippen LogP contribution < -0.4 is 10.2 Å². The van der Waals surface area contributed by atoms with Gasteiger partial charge in [-0.1, -0.05) is 46.9 Å². The molecule has 0 fully saturated rings. The zero-order valence-electron chi connectivity index (χ0n) is 9.41. The van der Waals surface area contributed by atoms with Crippen molar-refractivity contribution < 1.29 is 4.74 Å². The summed E-state index contributed by atoms with van der Waals surface area (Å²) in [6.45, 7) is 0.462. The quantitative estimate of drug-likeness (QED) is 0.775. The van der Waals surface area contributed by atoms with Gasteiger partial charge in [0.25, 0.3) is 0 Å². The van der Waals surface area contributed by atoms with E-state index < -0.39 is 0 Å². The van der Waals surface area contributed by atoms with Gasteiger partial charge >= 0.3 is 0 Å². The molecule has 17 heavy (non-hydrogen) atoms. The van der Waals surface area contributed by atoms with Gasteiger partial charge in [0, 0.05) is 5.02 Å². The zero-order valence-corrected chi connectivity index (χ0v) is 10.9. The molecule has 2 rings (SSSR count). The molecule has 0 saturated heterocycles. The van der Waals surface area contributed by atoms with Crippen LogP contribution >= 0.6 is 23.2 Å². The lowest BCUT2D eigenvalue weighted by Crippen LogP contribution is -2.02. The van der Waals surface area contributed by atoms with Gasteiger partial charge in [-0.15, -0.1) is 0 Å². The number of hydrogen-bond acceptors (Lipinski definition) is 1. The van der Waals surface area contributed by atoms with Crippen LogP contribution in [-0.2, 0) is 6.61 Å². The number of ether oxygens (including phenoxy) is 1. The lowest BCUT2D eigenvalue weighted by Gasteiger charge is -2.08. The van der Waals surface area contributed by atoms with Crippen molar-refractivity contribution in [2.24, 2.45) is 0 Å². The van der Waals surface area contributed by atoms with E-state index in [-0.39, 0.29) is 0 Å². The van der Waals surface area contributed by atoms with Crippen molar-refractivity contribution >= 4 is 36.5 Å². The molecule has 1 nitrogen and oxygen atoms in total. The molecule has 0 bridgehead atoms. The molecule has 0 aromatic heterocycles. The maximum atomic E-state index is 6.08. The summed E-state index contributed by atoms with van der Waals surface area (Å²) in [7, 11) is 1.99. The highest BCUT2D eigenvalue weighted by atomic mass is 35.5. The van der Waals surface area contributed by atoms with Gasteiger partial charge in [-0.05, 0) is 29.8 Å². The van der Waals surface area contributed by atoms with E-state index in [0.29, 0.717) is 22.4 Å². The first-order chi connectivity index (χ1) is 8.15. The Labute approximate surface area is 112 Å². The van der Waals surface area contributed by atoms with E-state index in [9.17, 15) is 0 Å². The van der Waals surface area contributed by atoms with Gasteiger partial charge in [0.2, 0.25) is 0 Å². The van der Waals surface area contributed by atoms with Crippen LogP contribution in [0, 0.1) is 0 Å². The summed E-state index contributed by atoms with van der Waals surface area (Å²) in [5.41, 5.74) is 2.14. The molecule has 0 aliphatic heterocycles. The van der Waals surface area contributed by atoms with Gasteiger partial charge in [-0.25, -0.2) is 0 Å². The first-order valence-electron chi connectivity index (χ1n) is 5.28. The van der Waals surface area contributed by atoms with Crippen molar-refractivity contribution in [3.8, 4) is 5.75 Å². The Kier molecular flexibility index (Phi) is 3.98. The van der Waals surface area contributed by atoms with Crippen LogP contribution in [0.3, 0.4) is 0 Å². The minimum atomic E-state index is 0.462. The van der Waals surface area contributed by atoms with Crippen molar-refractivity contribution in [2.75, 3.05) is 0 Å². The average Bonchev–Trinajstić information content (AvgIpc) is 2.28. The second-order valence-corrected chi connectivity index (χ2v) is 4.70. The largest absolute Gasteiger partial charge is 0.487 e. The monoisotopic (exact) mass is 264 g/mol. The summed E-state index contributed by atoms with van der Waals surface area (Å²) in [6, 6.07) is 13.3. The van der Waals surface area contributed by atoms with Crippen LogP contribution in [0.2, 0.25) is 10.0 Å². The van der Waals surface area contributed by atoms with E-state index in [4.69, 9.17) is 27.9 Å². The van der Waals surface area contributed by atoms with Crippen LogP contribution in [0.15, 0.2) is 42.5 Å². The predicted molar refractivity (Wildman–Crippen MR) is 75.4 cm³/mol. The fourth-order valence-corrected chi connectivity index (χ4v) is 2.01.